The average Bonchev–Trinajstić information content (AvgIpc) is 3.47. The Morgan fingerprint density at radius 1 is 1.17 bits per heavy atom. The molecule has 2 aromatic rings. The molecule has 0 unspecified atom stereocenters. The Kier molecular flexibility index (Phi) is 7.07. The molecule has 0 spiro atoms. The van der Waals surface area contributed by atoms with Gasteiger partial charge in [-0.3, -0.25) is 19.5 Å². The first kappa shape index (κ1) is 20.9. The number of rotatable bonds is 7. The molecule has 0 aromatic carbocycles. The molecule has 30 heavy (non-hydrogen) atoms. The average molecular weight is 428 g/mol. The molecule has 1 N–H and O–H groups in total. The summed E-state index contributed by atoms with van der Waals surface area (Å²) < 4.78 is 0. The summed E-state index contributed by atoms with van der Waals surface area (Å²) in [6.07, 6.45) is 8.33. The number of carbonyl (C=O) groups excluding carboxylic acids is 2. The molecule has 0 atom stereocenters. The monoisotopic (exact) mass is 427 g/mol. The number of carbonyl (C=O) groups is 2. The van der Waals surface area contributed by atoms with Crippen molar-refractivity contribution in [2.45, 2.75) is 32.1 Å². The molecule has 2 amide bonds. The maximum absolute atomic E-state index is 12.5. The van der Waals surface area contributed by atoms with E-state index in [4.69, 9.17) is 0 Å². The summed E-state index contributed by atoms with van der Waals surface area (Å²) in [5.41, 5.74) is 1.76. The van der Waals surface area contributed by atoms with Crippen molar-refractivity contribution >= 4 is 23.2 Å². The maximum atomic E-state index is 12.5. The Morgan fingerprint density at radius 3 is 2.70 bits per heavy atom. The molecule has 4 rings (SSSR count). The Bertz CT molecular complexity index is 842. The number of nitrogens with zero attached hydrogens (tertiary/aromatic N) is 4. The van der Waals surface area contributed by atoms with E-state index in [9.17, 15) is 9.59 Å². The van der Waals surface area contributed by atoms with Crippen molar-refractivity contribution in [3.63, 3.8) is 0 Å². The highest BCUT2D eigenvalue weighted by Crippen LogP contribution is 2.27. The highest BCUT2D eigenvalue weighted by Gasteiger charge is 2.29. The smallest absolute Gasteiger partial charge is 0.226 e. The minimum atomic E-state index is -0.00640. The van der Waals surface area contributed by atoms with Gasteiger partial charge in [0, 0.05) is 68.5 Å². The van der Waals surface area contributed by atoms with Crippen LogP contribution in [0, 0.1) is 5.92 Å². The fourth-order valence-electron chi connectivity index (χ4n) is 4.21. The van der Waals surface area contributed by atoms with Gasteiger partial charge in [0.05, 0.1) is 12.1 Å². The topological polar surface area (TPSA) is 78.4 Å². The lowest BCUT2D eigenvalue weighted by Crippen LogP contribution is -2.51. The lowest BCUT2D eigenvalue weighted by Gasteiger charge is -2.36. The van der Waals surface area contributed by atoms with Crippen LogP contribution in [0.25, 0.3) is 10.6 Å². The Morgan fingerprint density at radius 2 is 1.97 bits per heavy atom. The second kappa shape index (κ2) is 10.1. The van der Waals surface area contributed by atoms with Crippen LogP contribution < -0.4 is 5.32 Å². The molecule has 8 heteroatoms. The molecule has 1 aliphatic heterocycles. The van der Waals surface area contributed by atoms with Gasteiger partial charge in [-0.25, -0.2) is 4.98 Å². The summed E-state index contributed by atoms with van der Waals surface area (Å²) in [6.45, 7) is 4.81. The molecule has 1 aliphatic carbocycles. The predicted molar refractivity (Wildman–Crippen MR) is 117 cm³/mol. The number of piperazine rings is 1. The van der Waals surface area contributed by atoms with Crippen molar-refractivity contribution in [2.75, 3.05) is 39.3 Å². The van der Waals surface area contributed by atoms with E-state index in [0.29, 0.717) is 18.9 Å². The molecule has 2 aromatic heterocycles. The summed E-state index contributed by atoms with van der Waals surface area (Å²) >= 11 is 1.53. The van der Waals surface area contributed by atoms with Gasteiger partial charge in [0.25, 0.3) is 0 Å². The summed E-state index contributed by atoms with van der Waals surface area (Å²) in [5.74, 6) is 0.614. The van der Waals surface area contributed by atoms with Crippen molar-refractivity contribution in [1.29, 1.82) is 0 Å². The van der Waals surface area contributed by atoms with Crippen LogP contribution in [0.2, 0.25) is 0 Å². The zero-order valence-electron chi connectivity index (χ0n) is 17.3. The lowest BCUT2D eigenvalue weighted by molar-refractivity contribution is -0.137. The molecule has 7 nitrogen and oxygen atoms in total. The van der Waals surface area contributed by atoms with E-state index < -0.39 is 0 Å². The molecular formula is C22H29N5O2S. The Hall–Kier alpha value is -2.32. The van der Waals surface area contributed by atoms with Gasteiger partial charge in [-0.1, -0.05) is 12.8 Å². The third-order valence-electron chi connectivity index (χ3n) is 5.94. The normalized spacial score (nSPS) is 17.9. The first-order valence-electron chi connectivity index (χ1n) is 10.8. The van der Waals surface area contributed by atoms with E-state index in [1.165, 1.54) is 24.2 Å². The molecular weight excluding hydrogens is 398 g/mol. The number of pyridine rings is 1. The molecule has 0 bridgehead atoms. The van der Waals surface area contributed by atoms with Gasteiger partial charge in [-0.2, -0.15) is 0 Å². The molecule has 2 fully saturated rings. The zero-order chi connectivity index (χ0) is 20.8. The molecule has 2 aliphatic rings. The summed E-state index contributed by atoms with van der Waals surface area (Å²) in [4.78, 5) is 37.8. The van der Waals surface area contributed by atoms with Gasteiger partial charge >= 0.3 is 0 Å². The Labute approximate surface area is 181 Å². The van der Waals surface area contributed by atoms with E-state index in [1.807, 2.05) is 22.4 Å². The Balaban J connectivity index is 1.14. The van der Waals surface area contributed by atoms with Gasteiger partial charge in [-0.05, 0) is 25.0 Å². The van der Waals surface area contributed by atoms with Gasteiger partial charge in [0.15, 0.2) is 0 Å². The van der Waals surface area contributed by atoms with Crippen LogP contribution in [-0.4, -0.2) is 70.9 Å². The molecule has 3 heterocycles. The molecule has 1 saturated heterocycles. The number of hydrogen-bond donors (Lipinski definition) is 1. The number of nitrogens with one attached hydrogen (secondary N) is 1. The quantitative estimate of drug-likeness (QED) is 0.733. The van der Waals surface area contributed by atoms with Gasteiger partial charge in [0.2, 0.25) is 11.8 Å². The van der Waals surface area contributed by atoms with Crippen LogP contribution in [0.1, 0.15) is 31.4 Å². The van der Waals surface area contributed by atoms with Crippen LogP contribution >= 0.6 is 11.3 Å². The minimum Gasteiger partial charge on any atom is -0.354 e. The van der Waals surface area contributed by atoms with Gasteiger partial charge in [-0.15, -0.1) is 11.3 Å². The highest BCUT2D eigenvalue weighted by molar-refractivity contribution is 7.13. The third kappa shape index (κ3) is 5.43. The van der Waals surface area contributed by atoms with Crippen molar-refractivity contribution in [3.05, 3.63) is 35.6 Å². The summed E-state index contributed by atoms with van der Waals surface area (Å²) in [7, 11) is 0. The zero-order valence-corrected chi connectivity index (χ0v) is 18.1. The maximum Gasteiger partial charge on any atom is 0.226 e. The van der Waals surface area contributed by atoms with Gasteiger partial charge < -0.3 is 10.2 Å². The third-order valence-corrected chi connectivity index (χ3v) is 6.88. The van der Waals surface area contributed by atoms with E-state index in [2.05, 4.69) is 20.2 Å². The van der Waals surface area contributed by atoms with Crippen LogP contribution in [0.4, 0.5) is 0 Å². The van der Waals surface area contributed by atoms with Crippen LogP contribution in [0.3, 0.4) is 0 Å². The second-order valence-electron chi connectivity index (χ2n) is 8.06. The van der Waals surface area contributed by atoms with E-state index in [1.54, 1.807) is 12.4 Å². The minimum absolute atomic E-state index is 0.00640. The van der Waals surface area contributed by atoms with Crippen molar-refractivity contribution in [3.8, 4) is 10.6 Å². The largest absolute Gasteiger partial charge is 0.354 e. The summed E-state index contributed by atoms with van der Waals surface area (Å²) in [5, 5.41) is 5.82. The first-order valence-corrected chi connectivity index (χ1v) is 11.7. The molecule has 1 saturated carbocycles. The lowest BCUT2D eigenvalue weighted by atomic mass is 10.1. The SMILES string of the molecule is O=C(Cc1csc(-c2cccnc2)n1)NCCN1CCN(C(=O)C2CCCC2)CC1. The van der Waals surface area contributed by atoms with E-state index in [-0.39, 0.29) is 11.8 Å². The standard InChI is InChI=1S/C22H29N5O2S/c28-20(14-19-16-30-21(25-19)18-6-3-7-23-15-18)24-8-9-26-10-12-27(13-11-26)22(29)17-4-1-2-5-17/h3,6-7,15-17H,1-2,4-5,8-14H2,(H,24,28). The van der Waals surface area contributed by atoms with Crippen molar-refractivity contribution in [1.82, 2.24) is 25.1 Å². The fourth-order valence-corrected chi connectivity index (χ4v) is 5.02. The second-order valence-corrected chi connectivity index (χ2v) is 8.92. The van der Waals surface area contributed by atoms with Crippen LogP contribution in [0.15, 0.2) is 29.9 Å². The van der Waals surface area contributed by atoms with Crippen LogP contribution in [-0.2, 0) is 16.0 Å². The number of aromatic nitrogens is 2. The first-order chi connectivity index (χ1) is 14.7. The summed E-state index contributed by atoms with van der Waals surface area (Å²) in [6, 6.07) is 3.85. The molecule has 160 valence electrons. The van der Waals surface area contributed by atoms with Crippen molar-refractivity contribution < 1.29 is 9.59 Å². The highest BCUT2D eigenvalue weighted by atomic mass is 32.1. The number of hydrogen-bond acceptors (Lipinski definition) is 6. The predicted octanol–water partition coefficient (Wildman–Crippen LogP) is 2.20. The van der Waals surface area contributed by atoms with E-state index >= 15 is 0 Å². The fraction of sp³-hybridized carbons (Fsp3) is 0.545. The van der Waals surface area contributed by atoms with E-state index in [0.717, 1.165) is 61.8 Å². The van der Waals surface area contributed by atoms with Crippen molar-refractivity contribution in [2.24, 2.45) is 5.92 Å². The van der Waals surface area contributed by atoms with Gasteiger partial charge in [0.1, 0.15) is 5.01 Å². The number of amides is 2. The van der Waals surface area contributed by atoms with Crippen LogP contribution in [0.5, 0.6) is 0 Å². The molecule has 0 radical (unpaired) electrons. The number of thiazole rings is 1.